The predicted octanol–water partition coefficient (Wildman–Crippen LogP) is 8.32. The van der Waals surface area contributed by atoms with E-state index in [4.69, 9.17) is 23.1 Å². The molecular weight excluding hydrogens is 717 g/mol. The minimum Gasteiger partial charge on any atom is -0.466 e. The van der Waals surface area contributed by atoms with Crippen LogP contribution < -0.4 is 20.7 Å². The first-order valence-electron chi connectivity index (χ1n) is 20.0. The minimum atomic E-state index is -3.07. The second-order valence-electron chi connectivity index (χ2n) is 16.5. The van der Waals surface area contributed by atoms with Gasteiger partial charge >= 0.3 is 5.97 Å². The van der Waals surface area contributed by atoms with Crippen LogP contribution in [-0.4, -0.2) is 60.9 Å². The summed E-state index contributed by atoms with van der Waals surface area (Å²) in [5, 5.41) is 4.14. The molecule has 5 rings (SSSR count). The van der Waals surface area contributed by atoms with Crippen molar-refractivity contribution in [2.45, 2.75) is 109 Å². The van der Waals surface area contributed by atoms with Gasteiger partial charge in [-0.25, -0.2) is 0 Å². The fourth-order valence-electron chi connectivity index (χ4n) is 8.08. The number of carbonyl (C=O) groups excluding carboxylic acids is 1. The molecule has 1 aliphatic rings. The lowest BCUT2D eigenvalue weighted by Gasteiger charge is -2.47. The summed E-state index contributed by atoms with van der Waals surface area (Å²) < 4.78 is 33.2. The van der Waals surface area contributed by atoms with Crippen LogP contribution in [0.25, 0.3) is 0 Å². The molecule has 0 amide bonds. The molecule has 0 spiro atoms. The van der Waals surface area contributed by atoms with Gasteiger partial charge in [0.2, 0.25) is 0 Å². The maximum Gasteiger partial charge on any atom is 0.308 e. The Kier molecular flexibility index (Phi) is 15.1. The molecule has 294 valence electrons. The van der Waals surface area contributed by atoms with Crippen molar-refractivity contribution >= 4 is 43.4 Å². The number of esters is 1. The van der Waals surface area contributed by atoms with Crippen LogP contribution in [0.3, 0.4) is 0 Å². The molecule has 0 N–H and O–H groups in total. The Balaban J connectivity index is 1.64. The smallest absolute Gasteiger partial charge is 0.308 e. The van der Waals surface area contributed by atoms with Gasteiger partial charge in [-0.15, -0.1) is 0 Å². The molecule has 3 unspecified atom stereocenters. The van der Waals surface area contributed by atoms with Crippen molar-refractivity contribution in [1.29, 1.82) is 0 Å². The summed E-state index contributed by atoms with van der Waals surface area (Å²) in [4.78, 5) is 13.6. The van der Waals surface area contributed by atoms with E-state index in [9.17, 15) is 4.79 Å². The third-order valence-corrected chi connectivity index (χ3v) is 20.7. The number of hydrogen-bond acceptors (Lipinski definition) is 6. The molecule has 0 aromatic heterocycles. The van der Waals surface area contributed by atoms with Crippen molar-refractivity contribution in [3.8, 4) is 0 Å². The van der Waals surface area contributed by atoms with Gasteiger partial charge in [0.05, 0.1) is 31.8 Å². The highest BCUT2D eigenvalue weighted by molar-refractivity contribution is 7.00. The molecule has 1 heterocycles. The maximum atomic E-state index is 13.6. The van der Waals surface area contributed by atoms with E-state index in [0.29, 0.717) is 19.6 Å². The molecular formula is C47H62O6Si2. The predicted molar refractivity (Wildman–Crippen MR) is 230 cm³/mol. The summed E-state index contributed by atoms with van der Waals surface area (Å²) in [5.74, 6) is -0.281. The van der Waals surface area contributed by atoms with Gasteiger partial charge in [0, 0.05) is 13.0 Å². The van der Waals surface area contributed by atoms with Gasteiger partial charge in [0.15, 0.2) is 6.29 Å². The van der Waals surface area contributed by atoms with E-state index in [0.717, 1.165) is 36.2 Å². The van der Waals surface area contributed by atoms with Gasteiger partial charge in [-0.05, 0) is 57.0 Å². The molecule has 0 saturated carbocycles. The first kappa shape index (κ1) is 42.5. The van der Waals surface area contributed by atoms with E-state index in [-0.39, 0.29) is 28.8 Å². The standard InChI is InChI=1S/C47H62O6Si2/c1-8-49-44(48)37-39(53-55(47(5,6)7,42-29-17-11-18-30-42)43-31-19-12-20-32-43)36-38(24-23-35-51-45-33-21-22-34-50-45)52-54(46(2,3)4,40-25-13-9-14-26-40)41-27-15-10-16-28-41/h9-20,23-32,38-39,45H,8,21-22,33-37H2,1-7H3. The monoisotopic (exact) mass is 778 g/mol. The zero-order valence-corrected chi connectivity index (χ0v) is 36.0. The topological polar surface area (TPSA) is 63.2 Å². The van der Waals surface area contributed by atoms with E-state index in [2.05, 4.69) is 163 Å². The summed E-state index contributed by atoms with van der Waals surface area (Å²) in [5.41, 5.74) is 0. The van der Waals surface area contributed by atoms with Crippen molar-refractivity contribution in [2.75, 3.05) is 19.8 Å². The molecule has 0 aliphatic carbocycles. The van der Waals surface area contributed by atoms with Crippen molar-refractivity contribution in [1.82, 2.24) is 0 Å². The number of rotatable bonds is 17. The lowest BCUT2D eigenvalue weighted by atomic mass is 10.1. The summed E-state index contributed by atoms with van der Waals surface area (Å²) in [6, 6.07) is 42.6. The second kappa shape index (κ2) is 19.5. The summed E-state index contributed by atoms with van der Waals surface area (Å²) in [6.45, 7) is 16.9. The third kappa shape index (κ3) is 10.4. The van der Waals surface area contributed by atoms with Crippen LogP contribution in [0, 0.1) is 0 Å². The van der Waals surface area contributed by atoms with Gasteiger partial charge < -0.3 is 23.1 Å². The van der Waals surface area contributed by atoms with E-state index >= 15 is 0 Å². The molecule has 8 heteroatoms. The Hall–Kier alpha value is -3.64. The van der Waals surface area contributed by atoms with Crippen LogP contribution in [0.15, 0.2) is 133 Å². The number of ether oxygens (including phenoxy) is 3. The van der Waals surface area contributed by atoms with Crippen LogP contribution in [0.1, 0.15) is 80.6 Å². The van der Waals surface area contributed by atoms with E-state index in [1.807, 2.05) is 19.1 Å². The molecule has 4 aromatic carbocycles. The Morgan fingerprint density at radius 1 is 0.709 bits per heavy atom. The van der Waals surface area contributed by atoms with Crippen LogP contribution >= 0.6 is 0 Å². The average Bonchev–Trinajstić information content (AvgIpc) is 3.18. The molecule has 0 radical (unpaired) electrons. The Morgan fingerprint density at radius 2 is 1.16 bits per heavy atom. The minimum absolute atomic E-state index is 0.0964. The highest BCUT2D eigenvalue weighted by atomic mass is 28.4. The molecule has 6 nitrogen and oxygen atoms in total. The average molecular weight is 779 g/mol. The van der Waals surface area contributed by atoms with Crippen molar-refractivity contribution < 1.29 is 27.9 Å². The van der Waals surface area contributed by atoms with Crippen LogP contribution in [0.2, 0.25) is 10.1 Å². The fourth-order valence-corrected chi connectivity index (χ4v) is 17.4. The lowest BCUT2D eigenvalue weighted by molar-refractivity contribution is -0.155. The van der Waals surface area contributed by atoms with Crippen molar-refractivity contribution in [3.63, 3.8) is 0 Å². The molecule has 55 heavy (non-hydrogen) atoms. The van der Waals surface area contributed by atoms with Gasteiger partial charge in [-0.3, -0.25) is 4.79 Å². The van der Waals surface area contributed by atoms with Gasteiger partial charge in [-0.2, -0.15) is 0 Å². The molecule has 4 aromatic rings. The second-order valence-corrected chi connectivity index (χ2v) is 25.0. The van der Waals surface area contributed by atoms with E-state index < -0.39 is 28.8 Å². The Labute approximate surface area is 332 Å². The van der Waals surface area contributed by atoms with Crippen molar-refractivity contribution in [3.05, 3.63) is 133 Å². The normalized spacial score (nSPS) is 16.8. The molecule has 3 atom stereocenters. The molecule has 0 bridgehead atoms. The third-order valence-electron chi connectivity index (χ3n) is 10.6. The quantitative estimate of drug-likeness (QED) is 0.0611. The van der Waals surface area contributed by atoms with Crippen LogP contribution in [0.5, 0.6) is 0 Å². The van der Waals surface area contributed by atoms with Gasteiger partial charge in [-0.1, -0.05) is 175 Å². The lowest BCUT2D eigenvalue weighted by Crippen LogP contribution is -2.69. The maximum absolute atomic E-state index is 13.6. The highest BCUT2D eigenvalue weighted by Gasteiger charge is 2.54. The SMILES string of the molecule is CCOC(=O)CC(CC(C=CCOC1CCCCO1)O[Si](c1ccccc1)(c1ccccc1)C(C)(C)C)O[Si](c1ccccc1)(c1ccccc1)C(C)(C)C. The van der Waals surface area contributed by atoms with E-state index in [1.165, 1.54) is 10.4 Å². The van der Waals surface area contributed by atoms with Gasteiger partial charge in [0.25, 0.3) is 16.6 Å². The number of benzene rings is 4. The Bertz CT molecular complexity index is 1670. The van der Waals surface area contributed by atoms with Crippen LogP contribution in [-0.2, 0) is 27.9 Å². The highest BCUT2D eigenvalue weighted by Crippen LogP contribution is 2.41. The number of carbonyl (C=O) groups is 1. The first-order chi connectivity index (χ1) is 26.4. The van der Waals surface area contributed by atoms with Crippen LogP contribution in [0.4, 0.5) is 0 Å². The largest absolute Gasteiger partial charge is 0.466 e. The number of hydrogen-bond donors (Lipinski definition) is 0. The summed E-state index contributed by atoms with van der Waals surface area (Å²) in [6.07, 6.45) is 6.62. The molecule has 1 saturated heterocycles. The first-order valence-corrected chi connectivity index (χ1v) is 23.9. The zero-order chi connectivity index (χ0) is 39.4. The molecule has 1 aliphatic heterocycles. The van der Waals surface area contributed by atoms with Gasteiger partial charge in [0.1, 0.15) is 0 Å². The van der Waals surface area contributed by atoms with Crippen molar-refractivity contribution in [2.24, 2.45) is 0 Å². The fraction of sp³-hybridized carbons (Fsp3) is 0.426. The van der Waals surface area contributed by atoms with E-state index in [1.54, 1.807) is 0 Å². The molecule has 1 fully saturated rings. The summed E-state index contributed by atoms with van der Waals surface area (Å²) >= 11 is 0. The zero-order valence-electron chi connectivity index (χ0n) is 34.0. The Morgan fingerprint density at radius 3 is 1.56 bits per heavy atom. The summed E-state index contributed by atoms with van der Waals surface area (Å²) in [7, 11) is -6.10.